The first-order valence-corrected chi connectivity index (χ1v) is 7.01. The van der Waals surface area contributed by atoms with Gasteiger partial charge in [0.2, 0.25) is 5.91 Å². The number of nitrogens with one attached hydrogen (secondary N) is 2. The lowest BCUT2D eigenvalue weighted by atomic mass is 10.0. The zero-order valence-corrected chi connectivity index (χ0v) is 11.8. The molecule has 0 radical (unpaired) electrons. The number of likely N-dealkylation sites (tertiary alicyclic amines) is 1. The van der Waals surface area contributed by atoms with E-state index < -0.39 is 0 Å². The van der Waals surface area contributed by atoms with Gasteiger partial charge >= 0.3 is 0 Å². The number of H-pyrrole nitrogens is 1. The molecule has 1 fully saturated rings. The molecule has 0 bridgehead atoms. The number of amides is 2. The highest BCUT2D eigenvalue weighted by molar-refractivity contribution is 6.04. The molecular formula is C14H17N5O2. The molecule has 110 valence electrons. The van der Waals surface area contributed by atoms with Crippen LogP contribution in [0.4, 0.5) is 0 Å². The smallest absolute Gasteiger partial charge is 0.253 e. The highest BCUT2D eigenvalue weighted by Gasteiger charge is 2.23. The Hall–Kier alpha value is -2.44. The molecule has 3 rings (SSSR count). The van der Waals surface area contributed by atoms with Gasteiger partial charge in [-0.3, -0.25) is 9.59 Å². The number of rotatable bonds is 2. The van der Waals surface area contributed by atoms with E-state index in [0.29, 0.717) is 29.7 Å². The number of nitrogens with zero attached hydrogens (tertiary/aromatic N) is 3. The zero-order chi connectivity index (χ0) is 14.8. The SMILES string of the molecule is CC(=O)N1CCC(NC(=O)c2cccc3n[nH]nc23)CC1. The van der Waals surface area contributed by atoms with Crippen molar-refractivity contribution < 1.29 is 9.59 Å². The van der Waals surface area contributed by atoms with E-state index in [1.54, 1.807) is 30.0 Å². The van der Waals surface area contributed by atoms with Crippen LogP contribution >= 0.6 is 0 Å². The minimum absolute atomic E-state index is 0.0899. The van der Waals surface area contributed by atoms with Crippen LogP contribution in [0.1, 0.15) is 30.1 Å². The molecule has 2 heterocycles. The lowest BCUT2D eigenvalue weighted by Gasteiger charge is -2.31. The molecule has 0 aliphatic carbocycles. The summed E-state index contributed by atoms with van der Waals surface area (Å²) in [5.41, 5.74) is 1.78. The third-order valence-corrected chi connectivity index (χ3v) is 3.87. The van der Waals surface area contributed by atoms with Crippen LogP contribution in [-0.2, 0) is 4.79 Å². The highest BCUT2D eigenvalue weighted by Crippen LogP contribution is 2.15. The minimum atomic E-state index is -0.143. The number of piperidine rings is 1. The molecule has 2 N–H and O–H groups in total. The van der Waals surface area contributed by atoms with Crippen molar-refractivity contribution in [2.24, 2.45) is 0 Å². The van der Waals surface area contributed by atoms with Gasteiger partial charge in [0, 0.05) is 26.1 Å². The molecule has 1 aromatic carbocycles. The second kappa shape index (κ2) is 5.51. The highest BCUT2D eigenvalue weighted by atomic mass is 16.2. The zero-order valence-electron chi connectivity index (χ0n) is 11.8. The van der Waals surface area contributed by atoms with Gasteiger partial charge in [-0.05, 0) is 25.0 Å². The molecule has 1 saturated heterocycles. The Morgan fingerprint density at radius 3 is 2.76 bits per heavy atom. The number of benzene rings is 1. The van der Waals surface area contributed by atoms with Gasteiger partial charge in [-0.15, -0.1) is 0 Å². The van der Waals surface area contributed by atoms with E-state index in [4.69, 9.17) is 0 Å². The molecular weight excluding hydrogens is 270 g/mol. The van der Waals surface area contributed by atoms with Crippen molar-refractivity contribution in [1.29, 1.82) is 0 Å². The largest absolute Gasteiger partial charge is 0.349 e. The van der Waals surface area contributed by atoms with Crippen molar-refractivity contribution in [3.63, 3.8) is 0 Å². The van der Waals surface area contributed by atoms with Crippen LogP contribution in [0.2, 0.25) is 0 Å². The summed E-state index contributed by atoms with van der Waals surface area (Å²) in [4.78, 5) is 25.5. The van der Waals surface area contributed by atoms with Crippen LogP contribution in [0.15, 0.2) is 18.2 Å². The fourth-order valence-corrected chi connectivity index (χ4v) is 2.65. The first-order valence-electron chi connectivity index (χ1n) is 7.01. The molecule has 1 aliphatic heterocycles. The summed E-state index contributed by atoms with van der Waals surface area (Å²) in [5, 5.41) is 13.5. The van der Waals surface area contributed by atoms with E-state index in [1.165, 1.54) is 0 Å². The minimum Gasteiger partial charge on any atom is -0.349 e. The lowest BCUT2D eigenvalue weighted by Crippen LogP contribution is -2.46. The molecule has 7 heteroatoms. The van der Waals surface area contributed by atoms with Gasteiger partial charge in [-0.2, -0.15) is 15.4 Å². The second-order valence-electron chi connectivity index (χ2n) is 5.25. The summed E-state index contributed by atoms with van der Waals surface area (Å²) in [5.74, 6) is -0.0529. The molecule has 21 heavy (non-hydrogen) atoms. The predicted octanol–water partition coefficient (Wildman–Crippen LogP) is 0.699. The topological polar surface area (TPSA) is 91.0 Å². The molecule has 0 spiro atoms. The summed E-state index contributed by atoms with van der Waals surface area (Å²) in [6.07, 6.45) is 1.56. The van der Waals surface area contributed by atoms with Crippen molar-refractivity contribution in [1.82, 2.24) is 25.6 Å². The number of para-hydroxylation sites is 1. The summed E-state index contributed by atoms with van der Waals surface area (Å²) < 4.78 is 0. The van der Waals surface area contributed by atoms with Crippen LogP contribution in [0.3, 0.4) is 0 Å². The average molecular weight is 287 g/mol. The Morgan fingerprint density at radius 2 is 2.05 bits per heavy atom. The van der Waals surface area contributed by atoms with E-state index in [0.717, 1.165) is 12.8 Å². The number of aromatic nitrogens is 3. The number of carbonyl (C=O) groups excluding carboxylic acids is 2. The van der Waals surface area contributed by atoms with Crippen LogP contribution in [0.5, 0.6) is 0 Å². The van der Waals surface area contributed by atoms with Crippen LogP contribution in [0, 0.1) is 0 Å². The predicted molar refractivity (Wildman–Crippen MR) is 76.6 cm³/mol. The Kier molecular flexibility index (Phi) is 3.55. The van der Waals surface area contributed by atoms with E-state index in [1.807, 2.05) is 0 Å². The fraction of sp³-hybridized carbons (Fsp3) is 0.429. The van der Waals surface area contributed by atoms with E-state index in [2.05, 4.69) is 20.7 Å². The Labute approximate surface area is 121 Å². The fourth-order valence-electron chi connectivity index (χ4n) is 2.65. The van der Waals surface area contributed by atoms with Crippen molar-refractivity contribution in [2.45, 2.75) is 25.8 Å². The Bertz CT molecular complexity index is 673. The third kappa shape index (κ3) is 2.72. The number of hydrogen-bond acceptors (Lipinski definition) is 4. The maximum Gasteiger partial charge on any atom is 0.253 e. The lowest BCUT2D eigenvalue weighted by molar-refractivity contribution is -0.129. The van der Waals surface area contributed by atoms with Gasteiger partial charge in [0.15, 0.2) is 0 Å². The van der Waals surface area contributed by atoms with Gasteiger partial charge in [0.05, 0.1) is 5.56 Å². The van der Waals surface area contributed by atoms with Crippen molar-refractivity contribution in [3.05, 3.63) is 23.8 Å². The van der Waals surface area contributed by atoms with E-state index in [-0.39, 0.29) is 17.9 Å². The van der Waals surface area contributed by atoms with Crippen LogP contribution < -0.4 is 5.32 Å². The molecule has 2 aromatic rings. The van der Waals surface area contributed by atoms with Gasteiger partial charge in [0.25, 0.3) is 5.91 Å². The van der Waals surface area contributed by atoms with Crippen molar-refractivity contribution in [2.75, 3.05) is 13.1 Å². The summed E-state index contributed by atoms with van der Waals surface area (Å²) in [7, 11) is 0. The van der Waals surface area contributed by atoms with Crippen molar-refractivity contribution in [3.8, 4) is 0 Å². The quantitative estimate of drug-likeness (QED) is 0.850. The second-order valence-corrected chi connectivity index (χ2v) is 5.25. The summed E-state index contributed by atoms with van der Waals surface area (Å²) in [6.45, 7) is 2.95. The molecule has 0 saturated carbocycles. The number of hydrogen-bond donors (Lipinski definition) is 2. The molecule has 7 nitrogen and oxygen atoms in total. The number of carbonyl (C=O) groups is 2. The van der Waals surface area contributed by atoms with Gasteiger partial charge < -0.3 is 10.2 Å². The summed E-state index contributed by atoms with van der Waals surface area (Å²) >= 11 is 0. The Morgan fingerprint density at radius 1 is 1.29 bits per heavy atom. The normalized spacial score (nSPS) is 16.1. The van der Waals surface area contributed by atoms with Gasteiger partial charge in [-0.1, -0.05) is 6.07 Å². The standard InChI is InChI=1S/C14H17N5O2/c1-9(20)19-7-5-10(6-8-19)15-14(21)11-3-2-4-12-13(11)17-18-16-12/h2-4,10H,5-8H2,1H3,(H,15,21)(H,16,17,18). The average Bonchev–Trinajstić information content (AvgIpc) is 2.96. The summed E-state index contributed by atoms with van der Waals surface area (Å²) in [6, 6.07) is 5.43. The molecule has 0 unspecified atom stereocenters. The number of fused-ring (bicyclic) bond motifs is 1. The number of aromatic amines is 1. The van der Waals surface area contributed by atoms with Crippen molar-refractivity contribution >= 4 is 22.8 Å². The van der Waals surface area contributed by atoms with Crippen LogP contribution in [-0.4, -0.2) is 51.3 Å². The molecule has 1 aliphatic rings. The molecule has 2 amide bonds. The van der Waals surface area contributed by atoms with Gasteiger partial charge in [-0.25, -0.2) is 0 Å². The monoisotopic (exact) mass is 287 g/mol. The third-order valence-electron chi connectivity index (χ3n) is 3.87. The van der Waals surface area contributed by atoms with Crippen LogP contribution in [0.25, 0.3) is 11.0 Å². The Balaban J connectivity index is 1.67. The maximum absolute atomic E-state index is 12.4. The van der Waals surface area contributed by atoms with E-state index >= 15 is 0 Å². The first kappa shape index (κ1) is 13.5. The first-order chi connectivity index (χ1) is 10.1. The molecule has 0 atom stereocenters. The van der Waals surface area contributed by atoms with Gasteiger partial charge in [0.1, 0.15) is 11.0 Å². The maximum atomic E-state index is 12.4. The van der Waals surface area contributed by atoms with E-state index in [9.17, 15) is 9.59 Å². The molecule has 1 aromatic heterocycles.